The van der Waals surface area contributed by atoms with Gasteiger partial charge in [0.15, 0.2) is 30.9 Å². The summed E-state index contributed by atoms with van der Waals surface area (Å²) in [6, 6.07) is 0. The number of aliphatic hydroxyl groups excluding tert-OH is 9. The normalized spacial score (nSPS) is 50.5. The van der Waals surface area contributed by atoms with E-state index in [1.54, 1.807) is 0 Å². The number of rotatable bonds is 11. The summed E-state index contributed by atoms with van der Waals surface area (Å²) in [4.78, 5) is 0. The maximum absolute atomic E-state index is 11.7. The molecule has 0 bridgehead atoms. The molecule has 0 aromatic carbocycles. The topological polar surface area (TPSA) is 314 Å². The molecule has 20 nitrogen and oxygen atoms in total. The summed E-state index contributed by atoms with van der Waals surface area (Å²) >= 11 is 0. The Kier molecular flexibility index (Phi) is 13.5. The van der Waals surface area contributed by atoms with E-state index < -0.39 is 140 Å². The molecule has 0 radical (unpaired) electrons. The first-order valence-electron chi connectivity index (χ1n) is 16.6. The molecule has 5 aliphatic rings. The van der Waals surface area contributed by atoms with Crippen molar-refractivity contribution in [2.24, 2.45) is 11.8 Å². The van der Waals surface area contributed by atoms with Crippen molar-refractivity contribution in [3.8, 4) is 0 Å². The van der Waals surface area contributed by atoms with Crippen molar-refractivity contribution in [1.29, 1.82) is 0 Å². The summed E-state index contributed by atoms with van der Waals surface area (Å²) in [5.41, 5.74) is 0. The maximum atomic E-state index is 11.7. The van der Waals surface area contributed by atoms with Gasteiger partial charge >= 0.3 is 10.4 Å². The predicted molar refractivity (Wildman–Crippen MR) is 161 cm³/mol. The molecule has 5 rings (SSSR count). The van der Waals surface area contributed by atoms with Crippen LogP contribution >= 0.6 is 0 Å². The maximum Gasteiger partial charge on any atom is 0.397 e. The van der Waals surface area contributed by atoms with E-state index in [0.29, 0.717) is 12.8 Å². The smallest absolute Gasteiger partial charge is 0.397 e. The summed E-state index contributed by atoms with van der Waals surface area (Å²) in [7, 11) is -2.32. The Morgan fingerprint density at radius 2 is 1.22 bits per heavy atom. The van der Waals surface area contributed by atoms with E-state index >= 15 is 0 Å². The van der Waals surface area contributed by atoms with Gasteiger partial charge in [0, 0.05) is 33.0 Å². The highest BCUT2D eigenvalue weighted by atomic mass is 32.3. The fraction of sp³-hybridized carbons (Fsp3) is 1.00. The average molecular weight is 752 g/mol. The second kappa shape index (κ2) is 16.7. The molecule has 3 saturated heterocycles. The number of ether oxygens (including phenoxy) is 7. The molecular formula is C29H51O20S+. The van der Waals surface area contributed by atoms with Gasteiger partial charge in [-0.25, -0.2) is 4.18 Å². The monoisotopic (exact) mass is 751 g/mol. The lowest BCUT2D eigenvalue weighted by molar-refractivity contribution is -0.367. The summed E-state index contributed by atoms with van der Waals surface area (Å²) in [5.74, 6) is -0.972. The molecule has 50 heavy (non-hydrogen) atoms. The summed E-state index contributed by atoms with van der Waals surface area (Å²) < 4.78 is 77.1. The van der Waals surface area contributed by atoms with Crippen molar-refractivity contribution >= 4 is 10.4 Å². The van der Waals surface area contributed by atoms with E-state index in [4.69, 9.17) is 33.2 Å². The van der Waals surface area contributed by atoms with Crippen LogP contribution in [0, 0.1) is 11.8 Å². The van der Waals surface area contributed by atoms with E-state index in [2.05, 4.69) is 4.18 Å². The minimum Gasteiger partial charge on any atom is -0.427 e. The summed E-state index contributed by atoms with van der Waals surface area (Å²) in [6.45, 7) is -1.50. The molecule has 18 atom stereocenters. The predicted octanol–water partition coefficient (Wildman–Crippen LogP) is -5.58. The van der Waals surface area contributed by atoms with Crippen molar-refractivity contribution in [3.05, 3.63) is 0 Å². The van der Waals surface area contributed by atoms with Gasteiger partial charge in [-0.15, -0.1) is 0 Å². The minimum atomic E-state index is -5.21. The van der Waals surface area contributed by atoms with Crippen LogP contribution in [0.25, 0.3) is 0 Å². The third-order valence-corrected chi connectivity index (χ3v) is 11.1. The molecule has 21 heteroatoms. The first-order valence-corrected chi connectivity index (χ1v) is 18.0. The van der Waals surface area contributed by atoms with E-state index in [1.165, 1.54) is 14.2 Å². The van der Waals surface area contributed by atoms with Crippen LogP contribution in [0.3, 0.4) is 0 Å². The van der Waals surface area contributed by atoms with Crippen molar-refractivity contribution < 1.29 is 96.3 Å². The van der Waals surface area contributed by atoms with Gasteiger partial charge in [0.2, 0.25) is 0 Å². The molecule has 0 aromatic rings. The number of methoxy groups -OCH3 is 2. The largest absolute Gasteiger partial charge is 0.427 e. The SMILES string of the molecule is COC1CC(C2[OH+]C3CC(O)CC(OC4OC(CO)C(O)C(O)C4OS(=O)(=O)O)C3CC2OC2OC(CO)C(O)C(O)C2O)CC(OC)C1O. The first-order chi connectivity index (χ1) is 23.6. The quantitative estimate of drug-likeness (QED) is 0.0695. The minimum absolute atomic E-state index is 0.0534. The average Bonchev–Trinajstić information content (AvgIpc) is 3.07. The molecule has 3 heterocycles. The third kappa shape index (κ3) is 8.62. The zero-order valence-corrected chi connectivity index (χ0v) is 28.3. The molecule has 18 unspecified atom stereocenters. The van der Waals surface area contributed by atoms with E-state index in [0.717, 1.165) is 0 Å². The van der Waals surface area contributed by atoms with Crippen LogP contribution in [0.15, 0.2) is 0 Å². The molecule has 5 fully saturated rings. The van der Waals surface area contributed by atoms with Crippen LogP contribution in [0.5, 0.6) is 0 Å². The fourth-order valence-corrected chi connectivity index (χ4v) is 8.54. The Hall–Kier alpha value is -0.770. The van der Waals surface area contributed by atoms with Gasteiger partial charge in [0.25, 0.3) is 0 Å². The molecular weight excluding hydrogens is 700 g/mol. The molecule has 3 aliphatic heterocycles. The van der Waals surface area contributed by atoms with Crippen LogP contribution in [0.2, 0.25) is 0 Å². The highest BCUT2D eigenvalue weighted by molar-refractivity contribution is 7.80. The van der Waals surface area contributed by atoms with E-state index in [9.17, 15) is 58.9 Å². The zero-order chi connectivity index (χ0) is 36.7. The number of fused-ring (bicyclic) bond motifs is 1. The zero-order valence-electron chi connectivity index (χ0n) is 27.5. The molecule has 2 aliphatic carbocycles. The highest BCUT2D eigenvalue weighted by Gasteiger charge is 2.58. The molecule has 0 amide bonds. The standard InChI is InChI=1S/C29H50O20S/c1-42-15-3-10(4-16(43-2)20(15)33)26-17(46-28-25(38)23(36)21(34)18(8-30)47-28)7-12-13(44-26)5-11(32)6-14(12)45-29-27(49-50(39,40)41)24(37)22(35)19(9-31)48-29/h10-38H,3-9H2,1-2H3,(H,39,40,41)/p+1. The van der Waals surface area contributed by atoms with Gasteiger partial charge < -0.3 is 79.1 Å². The van der Waals surface area contributed by atoms with E-state index in [-0.39, 0.29) is 25.2 Å². The lowest BCUT2D eigenvalue weighted by Gasteiger charge is -2.50. The second-order valence-corrected chi connectivity index (χ2v) is 14.8. The Morgan fingerprint density at radius 3 is 1.78 bits per heavy atom. The number of aliphatic hydroxyl groups is 11. The second-order valence-electron chi connectivity index (χ2n) is 13.7. The molecule has 0 aromatic heterocycles. The Balaban J connectivity index is 1.45. The van der Waals surface area contributed by atoms with Crippen LogP contribution in [-0.2, 0) is 43.0 Å². The lowest BCUT2D eigenvalue weighted by Crippen LogP contribution is -2.64. The lowest BCUT2D eigenvalue weighted by atomic mass is 9.72. The van der Waals surface area contributed by atoms with Gasteiger partial charge in [0.05, 0.1) is 43.5 Å². The van der Waals surface area contributed by atoms with Gasteiger partial charge in [0.1, 0.15) is 54.9 Å². The molecule has 2 saturated carbocycles. The fourth-order valence-electron chi connectivity index (χ4n) is 8.06. The van der Waals surface area contributed by atoms with Crippen molar-refractivity contribution in [1.82, 2.24) is 0 Å². The molecule has 11 N–H and O–H groups in total. The van der Waals surface area contributed by atoms with Gasteiger partial charge in [-0.05, 0) is 19.3 Å². The molecule has 0 spiro atoms. The van der Waals surface area contributed by atoms with Crippen LogP contribution in [0.4, 0.5) is 0 Å². The number of hydrogen-bond donors (Lipinski definition) is 10. The van der Waals surface area contributed by atoms with Gasteiger partial charge in [-0.2, -0.15) is 8.42 Å². The van der Waals surface area contributed by atoms with Crippen molar-refractivity contribution in [2.45, 2.75) is 142 Å². The van der Waals surface area contributed by atoms with E-state index in [1.807, 2.05) is 0 Å². The summed E-state index contributed by atoms with van der Waals surface area (Å²) in [6.07, 6.45) is -22.6. The van der Waals surface area contributed by atoms with Gasteiger partial charge in [-0.3, -0.25) is 4.55 Å². The van der Waals surface area contributed by atoms with Crippen LogP contribution in [-0.4, -0.2) is 201 Å². The first kappa shape index (κ1) is 40.4. The van der Waals surface area contributed by atoms with Crippen molar-refractivity contribution in [3.63, 3.8) is 0 Å². The third-order valence-electron chi connectivity index (χ3n) is 10.7. The van der Waals surface area contributed by atoms with Crippen molar-refractivity contribution in [2.75, 3.05) is 27.4 Å². The number of hydrogen-bond acceptors (Lipinski definition) is 18. The Bertz CT molecular complexity index is 1180. The Morgan fingerprint density at radius 1 is 0.660 bits per heavy atom. The summed E-state index contributed by atoms with van der Waals surface area (Å²) in [5, 5.41) is 93.8. The molecule has 292 valence electrons. The van der Waals surface area contributed by atoms with Crippen LogP contribution < -0.4 is 0 Å². The highest BCUT2D eigenvalue weighted by Crippen LogP contribution is 2.44. The Labute approximate surface area is 288 Å². The van der Waals surface area contributed by atoms with Crippen LogP contribution in [0.1, 0.15) is 32.1 Å². The van der Waals surface area contributed by atoms with Gasteiger partial charge in [-0.1, -0.05) is 0 Å².